The Hall–Kier alpha value is -3.25. The van der Waals surface area contributed by atoms with Crippen LogP contribution in [-0.4, -0.2) is 17.7 Å². The van der Waals surface area contributed by atoms with Gasteiger partial charge in [0.1, 0.15) is 5.41 Å². The van der Waals surface area contributed by atoms with Crippen molar-refractivity contribution in [2.75, 3.05) is 10.2 Å². The fourth-order valence-electron chi connectivity index (χ4n) is 5.34. The molecular formula is C28H25BrN2O3. The summed E-state index contributed by atoms with van der Waals surface area (Å²) in [6, 6.07) is 22.3. The fourth-order valence-corrected chi connectivity index (χ4v) is 5.70. The summed E-state index contributed by atoms with van der Waals surface area (Å²) in [6.45, 7) is 6.15. The molecule has 0 radical (unpaired) electrons. The van der Waals surface area contributed by atoms with Crippen molar-refractivity contribution < 1.29 is 14.4 Å². The number of hydrogen-bond donors (Lipinski definition) is 1. The molecule has 5 nitrogen and oxygen atoms in total. The number of carbonyl (C=O) groups excluding carboxylic acids is 3. The van der Waals surface area contributed by atoms with E-state index in [1.54, 1.807) is 6.07 Å². The van der Waals surface area contributed by atoms with Crippen molar-refractivity contribution in [3.63, 3.8) is 0 Å². The van der Waals surface area contributed by atoms with Gasteiger partial charge in [0.05, 0.1) is 11.6 Å². The number of nitrogens with one attached hydrogen (secondary N) is 1. The number of nitrogens with zero attached hydrogens (tertiary/aromatic N) is 1. The van der Waals surface area contributed by atoms with Gasteiger partial charge >= 0.3 is 0 Å². The summed E-state index contributed by atoms with van der Waals surface area (Å²) in [7, 11) is 0. The molecule has 0 spiro atoms. The summed E-state index contributed by atoms with van der Waals surface area (Å²) in [5, 5.41) is 2.97. The first-order chi connectivity index (χ1) is 16.2. The molecule has 3 amide bonds. The summed E-state index contributed by atoms with van der Waals surface area (Å²) in [5.74, 6) is -1.79. The van der Waals surface area contributed by atoms with Crippen LogP contribution in [0.2, 0.25) is 0 Å². The van der Waals surface area contributed by atoms with Crippen molar-refractivity contribution in [1.82, 2.24) is 0 Å². The molecule has 0 bridgehead atoms. The topological polar surface area (TPSA) is 66.5 Å². The maximum Gasteiger partial charge on any atom is 0.240 e. The lowest BCUT2D eigenvalue weighted by Crippen LogP contribution is -2.46. The van der Waals surface area contributed by atoms with E-state index in [4.69, 9.17) is 0 Å². The van der Waals surface area contributed by atoms with Gasteiger partial charge in [-0.25, -0.2) is 4.90 Å². The van der Waals surface area contributed by atoms with Crippen molar-refractivity contribution in [1.29, 1.82) is 0 Å². The summed E-state index contributed by atoms with van der Waals surface area (Å²) in [6.07, 6.45) is -0.0465. The van der Waals surface area contributed by atoms with Crippen LogP contribution >= 0.6 is 15.9 Å². The maximum atomic E-state index is 14.1. The highest BCUT2D eigenvalue weighted by atomic mass is 79.9. The van der Waals surface area contributed by atoms with Gasteiger partial charge in [-0.05, 0) is 46.4 Å². The van der Waals surface area contributed by atoms with Crippen LogP contribution in [-0.2, 0) is 25.2 Å². The quantitative estimate of drug-likeness (QED) is 0.463. The van der Waals surface area contributed by atoms with Gasteiger partial charge in [0.25, 0.3) is 0 Å². The zero-order chi connectivity index (χ0) is 24.3. The number of carbonyl (C=O) groups is 3. The van der Waals surface area contributed by atoms with Gasteiger partial charge in [-0.1, -0.05) is 85.2 Å². The van der Waals surface area contributed by atoms with Crippen LogP contribution in [0.3, 0.4) is 0 Å². The molecule has 1 fully saturated rings. The lowest BCUT2D eigenvalue weighted by Gasteiger charge is -2.33. The van der Waals surface area contributed by atoms with E-state index in [-0.39, 0.29) is 29.6 Å². The van der Waals surface area contributed by atoms with Crippen LogP contribution in [0, 0.1) is 5.92 Å². The second kappa shape index (κ2) is 7.91. The third-order valence-corrected chi connectivity index (χ3v) is 7.36. The first-order valence-corrected chi connectivity index (χ1v) is 12.1. The number of rotatable bonds is 3. The molecule has 1 saturated heterocycles. The van der Waals surface area contributed by atoms with Crippen molar-refractivity contribution in [3.05, 3.63) is 94.0 Å². The highest BCUT2D eigenvalue weighted by Gasteiger charge is 2.60. The van der Waals surface area contributed by atoms with Crippen molar-refractivity contribution in [2.24, 2.45) is 5.92 Å². The molecule has 5 rings (SSSR count). The number of para-hydroxylation sites is 1. The molecule has 0 unspecified atom stereocenters. The number of halogens is 1. The van der Waals surface area contributed by atoms with Gasteiger partial charge in [-0.2, -0.15) is 0 Å². The molecule has 2 aliphatic rings. The second-order valence-electron chi connectivity index (χ2n) is 9.91. The predicted octanol–water partition coefficient (Wildman–Crippen LogP) is 5.56. The summed E-state index contributed by atoms with van der Waals surface area (Å²) in [4.78, 5) is 42.6. The normalized spacial score (nSPS) is 22.2. The van der Waals surface area contributed by atoms with E-state index in [1.807, 2.05) is 87.5 Å². The smallest absolute Gasteiger partial charge is 0.240 e. The zero-order valence-corrected chi connectivity index (χ0v) is 20.8. The average molecular weight is 517 g/mol. The van der Waals surface area contributed by atoms with Crippen LogP contribution in [0.4, 0.5) is 11.4 Å². The molecule has 0 saturated carbocycles. The van der Waals surface area contributed by atoms with E-state index in [2.05, 4.69) is 21.2 Å². The third kappa shape index (κ3) is 3.23. The molecule has 2 aliphatic heterocycles. The molecule has 2 heterocycles. The number of imide groups is 1. The van der Waals surface area contributed by atoms with Gasteiger partial charge in [0.2, 0.25) is 17.7 Å². The van der Waals surface area contributed by atoms with Crippen molar-refractivity contribution in [3.8, 4) is 0 Å². The number of anilines is 2. The van der Waals surface area contributed by atoms with Crippen LogP contribution in [0.15, 0.2) is 77.3 Å². The SMILES string of the molecule is CC(C)(C)c1cc(Br)ccc1N1C(=O)C[C@H]([C@@]2(c3ccccc3)C(=O)Nc3ccccc32)C1=O. The molecular weight excluding hydrogens is 492 g/mol. The van der Waals surface area contributed by atoms with Crippen LogP contribution in [0.1, 0.15) is 43.9 Å². The highest BCUT2D eigenvalue weighted by Crippen LogP contribution is 2.52. The monoisotopic (exact) mass is 516 g/mol. The molecule has 172 valence electrons. The van der Waals surface area contributed by atoms with Crippen molar-refractivity contribution in [2.45, 2.75) is 38.0 Å². The predicted molar refractivity (Wildman–Crippen MR) is 136 cm³/mol. The van der Waals surface area contributed by atoms with Gasteiger partial charge < -0.3 is 5.32 Å². The second-order valence-corrected chi connectivity index (χ2v) is 10.8. The minimum absolute atomic E-state index is 0.0465. The molecule has 6 heteroatoms. The minimum Gasteiger partial charge on any atom is -0.325 e. The third-order valence-electron chi connectivity index (χ3n) is 6.86. The molecule has 3 aromatic rings. The molecule has 3 aromatic carbocycles. The largest absolute Gasteiger partial charge is 0.325 e. The Bertz CT molecular complexity index is 1330. The number of hydrogen-bond acceptors (Lipinski definition) is 3. The summed E-state index contributed by atoms with van der Waals surface area (Å²) in [5.41, 5.74) is 1.98. The van der Waals surface area contributed by atoms with Crippen LogP contribution in [0.5, 0.6) is 0 Å². The fraction of sp³-hybridized carbons (Fsp3) is 0.250. The van der Waals surface area contributed by atoms with E-state index in [9.17, 15) is 14.4 Å². The van der Waals surface area contributed by atoms with Crippen molar-refractivity contribution >= 4 is 45.0 Å². The van der Waals surface area contributed by atoms with Crippen LogP contribution in [0.25, 0.3) is 0 Å². The first-order valence-electron chi connectivity index (χ1n) is 11.3. The summed E-state index contributed by atoms with van der Waals surface area (Å²) >= 11 is 3.52. The highest BCUT2D eigenvalue weighted by molar-refractivity contribution is 9.10. The molecule has 2 atom stereocenters. The Kier molecular flexibility index (Phi) is 5.24. The lowest BCUT2D eigenvalue weighted by molar-refractivity contribution is -0.129. The molecule has 0 aliphatic carbocycles. The molecule has 1 N–H and O–H groups in total. The minimum atomic E-state index is -1.28. The number of amides is 3. The Labute approximate surface area is 207 Å². The van der Waals surface area contributed by atoms with Crippen LogP contribution < -0.4 is 10.2 Å². The Morgan fingerprint density at radius 3 is 2.32 bits per heavy atom. The van der Waals surface area contributed by atoms with E-state index in [0.717, 1.165) is 15.6 Å². The molecule has 0 aromatic heterocycles. The summed E-state index contributed by atoms with van der Waals surface area (Å²) < 4.78 is 0.877. The van der Waals surface area contributed by atoms with Gasteiger partial charge in [0, 0.05) is 16.6 Å². The van der Waals surface area contributed by atoms with Gasteiger partial charge in [-0.3, -0.25) is 14.4 Å². The Morgan fingerprint density at radius 1 is 0.941 bits per heavy atom. The Balaban J connectivity index is 1.70. The number of fused-ring (bicyclic) bond motifs is 1. The lowest BCUT2D eigenvalue weighted by atomic mass is 9.65. The average Bonchev–Trinajstić information content (AvgIpc) is 3.26. The van der Waals surface area contributed by atoms with E-state index >= 15 is 0 Å². The van der Waals surface area contributed by atoms with Gasteiger partial charge in [-0.15, -0.1) is 0 Å². The first kappa shape index (κ1) is 22.5. The molecule has 34 heavy (non-hydrogen) atoms. The van der Waals surface area contributed by atoms with E-state index in [1.165, 1.54) is 4.90 Å². The maximum absolute atomic E-state index is 14.1. The zero-order valence-electron chi connectivity index (χ0n) is 19.3. The van der Waals surface area contributed by atoms with E-state index in [0.29, 0.717) is 16.9 Å². The Morgan fingerprint density at radius 2 is 1.62 bits per heavy atom. The van der Waals surface area contributed by atoms with Gasteiger partial charge in [0.15, 0.2) is 0 Å². The number of benzene rings is 3. The standard InChI is InChI=1S/C28H25BrN2O3/c1-27(2,3)20-15-18(29)13-14-23(20)31-24(32)16-21(25(31)33)28(17-9-5-4-6-10-17)19-11-7-8-12-22(19)30-26(28)34/h4-15,21H,16H2,1-3H3,(H,30,34)/t21-,28-/m0/s1. The van der Waals surface area contributed by atoms with E-state index < -0.39 is 11.3 Å².